The summed E-state index contributed by atoms with van der Waals surface area (Å²) < 4.78 is 1.56. The number of nitrogens with zero attached hydrogens (tertiary/aromatic N) is 3. The maximum absolute atomic E-state index is 12.0. The number of fused-ring (bicyclic) bond motifs is 1. The van der Waals surface area contributed by atoms with Gasteiger partial charge in [0, 0.05) is 37.9 Å². The normalized spacial score (nSPS) is 13.0. The van der Waals surface area contributed by atoms with E-state index in [0.717, 1.165) is 25.2 Å². The number of hydrogen-bond acceptors (Lipinski definition) is 4. The lowest BCUT2D eigenvalue weighted by Gasteiger charge is -2.23. The first-order chi connectivity index (χ1) is 10.1. The van der Waals surface area contributed by atoms with Crippen molar-refractivity contribution in [1.29, 1.82) is 0 Å². The van der Waals surface area contributed by atoms with E-state index in [4.69, 9.17) is 0 Å². The van der Waals surface area contributed by atoms with Crippen molar-refractivity contribution < 1.29 is 0 Å². The highest BCUT2D eigenvalue weighted by molar-refractivity contribution is 5.37. The van der Waals surface area contributed by atoms with Crippen molar-refractivity contribution in [1.82, 2.24) is 19.6 Å². The van der Waals surface area contributed by atoms with Gasteiger partial charge in [-0.05, 0) is 32.5 Å². The van der Waals surface area contributed by atoms with Crippen LogP contribution in [0.3, 0.4) is 0 Å². The summed E-state index contributed by atoms with van der Waals surface area (Å²) >= 11 is 0. The molecule has 0 amide bonds. The molecule has 2 aromatic rings. The zero-order valence-electron chi connectivity index (χ0n) is 13.0. The summed E-state index contributed by atoms with van der Waals surface area (Å²) in [5.41, 5.74) is 1.45. The van der Waals surface area contributed by atoms with Crippen molar-refractivity contribution in [2.75, 3.05) is 20.1 Å². The van der Waals surface area contributed by atoms with Crippen LogP contribution in [-0.2, 0) is 6.54 Å². The third-order valence-corrected chi connectivity index (χ3v) is 3.91. The zero-order chi connectivity index (χ0) is 15.2. The Morgan fingerprint density at radius 2 is 2.24 bits per heavy atom. The number of hydrogen-bond donors (Lipinski definition) is 1. The molecule has 1 unspecified atom stereocenters. The minimum Gasteiger partial charge on any atom is -0.310 e. The Kier molecular flexibility index (Phi) is 5.47. The minimum absolute atomic E-state index is 0.0332. The van der Waals surface area contributed by atoms with Gasteiger partial charge in [-0.2, -0.15) is 0 Å². The van der Waals surface area contributed by atoms with Crippen molar-refractivity contribution in [2.45, 2.75) is 32.9 Å². The van der Waals surface area contributed by atoms with Crippen LogP contribution in [0.1, 0.15) is 26.0 Å². The lowest BCUT2D eigenvalue weighted by atomic mass is 10.2. The summed E-state index contributed by atoms with van der Waals surface area (Å²) in [4.78, 5) is 18.8. The first-order valence-electron chi connectivity index (χ1n) is 7.50. The van der Waals surface area contributed by atoms with Gasteiger partial charge in [-0.1, -0.05) is 13.0 Å². The van der Waals surface area contributed by atoms with E-state index < -0.39 is 0 Å². The molecule has 0 bridgehead atoms. The minimum atomic E-state index is -0.0332. The van der Waals surface area contributed by atoms with Gasteiger partial charge < -0.3 is 10.2 Å². The monoisotopic (exact) mass is 288 g/mol. The van der Waals surface area contributed by atoms with Crippen molar-refractivity contribution in [3.8, 4) is 0 Å². The number of pyridine rings is 1. The van der Waals surface area contributed by atoms with Gasteiger partial charge in [0.25, 0.3) is 5.56 Å². The molecule has 2 aromatic heterocycles. The molecule has 0 aliphatic heterocycles. The average Bonchev–Trinajstić information content (AvgIpc) is 2.50. The largest absolute Gasteiger partial charge is 0.310 e. The molecular formula is C16H24N4O. The Bertz CT molecular complexity index is 637. The topological polar surface area (TPSA) is 49.6 Å². The van der Waals surface area contributed by atoms with Gasteiger partial charge in [0.05, 0.1) is 5.69 Å². The lowest BCUT2D eigenvalue weighted by molar-refractivity contribution is 0.251. The average molecular weight is 288 g/mol. The van der Waals surface area contributed by atoms with Gasteiger partial charge >= 0.3 is 0 Å². The second-order valence-corrected chi connectivity index (χ2v) is 5.43. The van der Waals surface area contributed by atoms with E-state index in [1.165, 1.54) is 0 Å². The van der Waals surface area contributed by atoms with Gasteiger partial charge in [-0.25, -0.2) is 4.98 Å². The number of aromatic nitrogens is 2. The smallest absolute Gasteiger partial charge is 0.258 e. The molecule has 0 fully saturated rings. The molecular weight excluding hydrogens is 264 g/mol. The van der Waals surface area contributed by atoms with E-state index in [1.54, 1.807) is 16.7 Å². The highest BCUT2D eigenvalue weighted by atomic mass is 16.1. The van der Waals surface area contributed by atoms with E-state index in [-0.39, 0.29) is 5.56 Å². The molecule has 0 aliphatic carbocycles. The first-order valence-corrected chi connectivity index (χ1v) is 7.50. The van der Waals surface area contributed by atoms with Crippen molar-refractivity contribution >= 4 is 5.65 Å². The molecule has 2 rings (SSSR count). The third-order valence-electron chi connectivity index (χ3n) is 3.91. The summed E-state index contributed by atoms with van der Waals surface area (Å²) in [6.07, 6.45) is 2.89. The Morgan fingerprint density at radius 1 is 1.43 bits per heavy atom. The second-order valence-electron chi connectivity index (χ2n) is 5.43. The Balaban J connectivity index is 1.91. The maximum Gasteiger partial charge on any atom is 0.258 e. The number of rotatable bonds is 7. The molecule has 5 nitrogen and oxygen atoms in total. The molecule has 0 spiro atoms. The summed E-state index contributed by atoms with van der Waals surface area (Å²) in [6, 6.07) is 7.76. The fraction of sp³-hybridized carbons (Fsp3) is 0.500. The van der Waals surface area contributed by atoms with E-state index in [2.05, 4.69) is 36.1 Å². The molecule has 2 heterocycles. The number of likely N-dealkylation sites (N-methyl/N-ethyl adjacent to an activating group) is 1. The van der Waals surface area contributed by atoms with Crippen molar-refractivity contribution in [2.24, 2.45) is 0 Å². The molecule has 1 N–H and O–H groups in total. The zero-order valence-corrected chi connectivity index (χ0v) is 13.0. The Labute approximate surface area is 125 Å². The quantitative estimate of drug-likeness (QED) is 0.785. The van der Waals surface area contributed by atoms with Gasteiger partial charge in [-0.3, -0.25) is 9.20 Å². The van der Waals surface area contributed by atoms with E-state index in [0.29, 0.717) is 18.2 Å². The predicted molar refractivity (Wildman–Crippen MR) is 85.6 cm³/mol. The van der Waals surface area contributed by atoms with Crippen LogP contribution < -0.4 is 10.9 Å². The van der Waals surface area contributed by atoms with Crippen LogP contribution in [0, 0.1) is 0 Å². The van der Waals surface area contributed by atoms with Crippen molar-refractivity contribution in [3.05, 3.63) is 46.5 Å². The first kappa shape index (κ1) is 15.7. The van der Waals surface area contributed by atoms with E-state index in [9.17, 15) is 4.79 Å². The summed E-state index contributed by atoms with van der Waals surface area (Å²) in [6.45, 7) is 6.92. The predicted octanol–water partition coefficient (Wildman–Crippen LogP) is 1.51. The van der Waals surface area contributed by atoms with Crippen LogP contribution in [0.4, 0.5) is 0 Å². The highest BCUT2D eigenvalue weighted by Crippen LogP contribution is 2.00. The molecule has 114 valence electrons. The molecule has 5 heteroatoms. The Morgan fingerprint density at radius 3 is 3.00 bits per heavy atom. The van der Waals surface area contributed by atoms with Crippen LogP contribution in [0.5, 0.6) is 0 Å². The summed E-state index contributed by atoms with van der Waals surface area (Å²) in [5.74, 6) is 0. The van der Waals surface area contributed by atoms with Crippen LogP contribution in [0.2, 0.25) is 0 Å². The van der Waals surface area contributed by atoms with Gasteiger partial charge in [0.2, 0.25) is 0 Å². The molecule has 0 saturated heterocycles. The van der Waals surface area contributed by atoms with Gasteiger partial charge in [0.15, 0.2) is 0 Å². The molecule has 1 atom stereocenters. The van der Waals surface area contributed by atoms with E-state index in [1.807, 2.05) is 18.2 Å². The van der Waals surface area contributed by atoms with E-state index >= 15 is 0 Å². The number of nitrogens with one attached hydrogen (secondary N) is 1. The third kappa shape index (κ3) is 4.12. The van der Waals surface area contributed by atoms with Crippen LogP contribution in [0.15, 0.2) is 35.3 Å². The highest BCUT2D eigenvalue weighted by Gasteiger charge is 2.06. The van der Waals surface area contributed by atoms with Crippen LogP contribution in [0.25, 0.3) is 5.65 Å². The fourth-order valence-electron chi connectivity index (χ4n) is 2.20. The SMILES string of the molecule is CCC(C)N(C)CCNCc1cc(=O)n2ccccc2n1. The van der Waals surface area contributed by atoms with Gasteiger partial charge in [-0.15, -0.1) is 0 Å². The fourth-order valence-corrected chi connectivity index (χ4v) is 2.20. The second kappa shape index (κ2) is 7.33. The van der Waals surface area contributed by atoms with Crippen molar-refractivity contribution in [3.63, 3.8) is 0 Å². The molecule has 0 saturated carbocycles. The van der Waals surface area contributed by atoms with Crippen LogP contribution in [-0.4, -0.2) is 40.5 Å². The maximum atomic E-state index is 12.0. The molecule has 0 aliphatic rings. The Hall–Kier alpha value is -1.72. The van der Waals surface area contributed by atoms with Gasteiger partial charge in [0.1, 0.15) is 5.65 Å². The summed E-state index contributed by atoms with van der Waals surface area (Å²) in [5, 5.41) is 3.35. The molecule has 21 heavy (non-hydrogen) atoms. The summed E-state index contributed by atoms with van der Waals surface area (Å²) in [7, 11) is 2.14. The lowest BCUT2D eigenvalue weighted by Crippen LogP contribution is -2.35. The molecule has 0 aromatic carbocycles. The molecule has 0 radical (unpaired) electrons. The van der Waals surface area contributed by atoms with Crippen LogP contribution >= 0.6 is 0 Å². The standard InChI is InChI=1S/C16H24N4O/c1-4-13(2)19(3)10-8-17-12-14-11-16(21)20-9-6-5-7-15(20)18-14/h5-7,9,11,13,17H,4,8,10,12H2,1-3H3.